The normalized spacial score (nSPS) is 21.8. The molecule has 150 valence electrons. The fourth-order valence-corrected chi connectivity index (χ4v) is 2.70. The lowest BCUT2D eigenvalue weighted by molar-refractivity contribution is -0.133. The Bertz CT molecular complexity index is 666. The lowest BCUT2D eigenvalue weighted by Gasteiger charge is -2.37. The highest BCUT2D eigenvalue weighted by Crippen LogP contribution is 2.15. The van der Waals surface area contributed by atoms with Crippen molar-refractivity contribution in [2.75, 3.05) is 20.2 Å². The molecule has 0 aromatic heterocycles. The van der Waals surface area contributed by atoms with E-state index in [1.807, 2.05) is 20.8 Å². The van der Waals surface area contributed by atoms with E-state index in [4.69, 9.17) is 9.84 Å². The van der Waals surface area contributed by atoms with Crippen LogP contribution in [-0.4, -0.2) is 65.8 Å². The second-order valence-electron chi connectivity index (χ2n) is 6.52. The van der Waals surface area contributed by atoms with E-state index in [0.717, 1.165) is 29.8 Å². The molecule has 1 heterocycles. The summed E-state index contributed by atoms with van der Waals surface area (Å²) in [5.41, 5.74) is 2.33. The first kappa shape index (κ1) is 22.6. The summed E-state index contributed by atoms with van der Waals surface area (Å²) in [6.07, 6.45) is 2.83. The Kier molecular flexibility index (Phi) is 8.87. The molecule has 2 amide bonds. The van der Waals surface area contributed by atoms with Gasteiger partial charge in [0, 0.05) is 38.0 Å². The van der Waals surface area contributed by atoms with Crippen LogP contribution in [0.2, 0.25) is 0 Å². The van der Waals surface area contributed by atoms with Crippen LogP contribution in [0.15, 0.2) is 28.4 Å². The Balaban J connectivity index is 2.74. The average Bonchev–Trinajstić information content (AvgIpc) is 2.65. The number of ether oxygens (including phenoxy) is 1. The van der Waals surface area contributed by atoms with Crippen LogP contribution in [0, 0.1) is 0 Å². The summed E-state index contributed by atoms with van der Waals surface area (Å²) >= 11 is 0. The minimum Gasteiger partial charge on any atom is -0.478 e. The highest BCUT2D eigenvalue weighted by atomic mass is 16.5. The molecule has 0 saturated carbocycles. The van der Waals surface area contributed by atoms with Crippen LogP contribution in [0.4, 0.5) is 0 Å². The molecular weight excluding hydrogens is 350 g/mol. The van der Waals surface area contributed by atoms with E-state index in [0.29, 0.717) is 18.7 Å². The first-order valence-corrected chi connectivity index (χ1v) is 8.94. The summed E-state index contributed by atoms with van der Waals surface area (Å²) in [4.78, 5) is 40.9. The lowest BCUT2D eigenvalue weighted by Crippen LogP contribution is -2.56. The van der Waals surface area contributed by atoms with E-state index < -0.39 is 11.9 Å². The molecule has 8 heteroatoms. The smallest absolute Gasteiger partial charge is 0.328 e. The maximum atomic E-state index is 12.4. The topological polar surface area (TPSA) is 108 Å². The number of carbonyl (C=O) groups is 3. The molecule has 0 aromatic rings. The van der Waals surface area contributed by atoms with Crippen LogP contribution >= 0.6 is 0 Å². The molecule has 1 unspecified atom stereocenters. The summed E-state index contributed by atoms with van der Waals surface area (Å²) in [5, 5.41) is 11.5. The van der Waals surface area contributed by atoms with E-state index in [-0.39, 0.29) is 24.6 Å². The number of carboxylic acids is 1. The van der Waals surface area contributed by atoms with Crippen molar-refractivity contribution in [2.24, 2.45) is 4.99 Å². The molecule has 1 fully saturated rings. The Hall–Kier alpha value is -2.48. The second kappa shape index (κ2) is 10.6. The number of carboxylic acid groups (broad SMARTS) is 1. The molecule has 0 radical (unpaired) electrons. The Labute approximate surface area is 160 Å². The van der Waals surface area contributed by atoms with Gasteiger partial charge in [0.2, 0.25) is 5.91 Å². The molecule has 0 bridgehead atoms. The van der Waals surface area contributed by atoms with E-state index in [2.05, 4.69) is 10.3 Å². The van der Waals surface area contributed by atoms with Crippen LogP contribution in [0.5, 0.6) is 0 Å². The van der Waals surface area contributed by atoms with Crippen molar-refractivity contribution in [3.05, 3.63) is 23.4 Å². The number of likely N-dealkylation sites (tertiary alicyclic amines) is 1. The van der Waals surface area contributed by atoms with Gasteiger partial charge in [-0.2, -0.15) is 0 Å². The van der Waals surface area contributed by atoms with E-state index in [9.17, 15) is 14.4 Å². The van der Waals surface area contributed by atoms with Gasteiger partial charge < -0.3 is 20.1 Å². The van der Waals surface area contributed by atoms with Crippen molar-refractivity contribution >= 4 is 23.5 Å². The largest absolute Gasteiger partial charge is 0.478 e. The van der Waals surface area contributed by atoms with Crippen LogP contribution in [0.3, 0.4) is 0 Å². The molecule has 2 atom stereocenters. The van der Waals surface area contributed by atoms with Crippen molar-refractivity contribution in [2.45, 2.75) is 52.7 Å². The number of amides is 2. The average molecular weight is 379 g/mol. The SMILES string of the molecule is CC/C(C)=C(\C)N=C(C)C(=O)NC1CCN(C(=O)/C=C/C(=O)O)C[C@@H]1OC. The summed E-state index contributed by atoms with van der Waals surface area (Å²) in [7, 11) is 1.52. The third kappa shape index (κ3) is 6.97. The Morgan fingerprint density at radius 2 is 1.93 bits per heavy atom. The summed E-state index contributed by atoms with van der Waals surface area (Å²) in [6.45, 7) is 8.23. The van der Waals surface area contributed by atoms with E-state index >= 15 is 0 Å². The third-order valence-electron chi connectivity index (χ3n) is 4.67. The van der Waals surface area contributed by atoms with E-state index in [1.54, 1.807) is 6.92 Å². The molecule has 1 saturated heterocycles. The maximum absolute atomic E-state index is 12.4. The van der Waals surface area contributed by atoms with Crippen LogP contribution in [0.1, 0.15) is 40.5 Å². The predicted molar refractivity (Wildman–Crippen MR) is 102 cm³/mol. The number of hydrogen-bond acceptors (Lipinski definition) is 5. The standard InChI is InChI=1S/C19H29N3O5/c1-6-12(2)13(3)20-14(4)19(26)21-15-9-10-22(11-16(15)27-5)17(23)7-8-18(24)25/h7-8,15-16H,6,9-11H2,1-5H3,(H,21,26)(H,24,25)/b8-7+,13-12+,20-14?/t15?,16-/m0/s1. The number of rotatable bonds is 7. The molecule has 8 nitrogen and oxygen atoms in total. The molecule has 27 heavy (non-hydrogen) atoms. The monoisotopic (exact) mass is 379 g/mol. The Morgan fingerprint density at radius 1 is 1.26 bits per heavy atom. The van der Waals surface area contributed by atoms with E-state index in [1.165, 1.54) is 12.0 Å². The lowest BCUT2D eigenvalue weighted by atomic mass is 10.0. The van der Waals surface area contributed by atoms with Crippen molar-refractivity contribution in [3.63, 3.8) is 0 Å². The molecule has 0 aromatic carbocycles. The quantitative estimate of drug-likeness (QED) is 0.515. The van der Waals surface area contributed by atoms with Crippen molar-refractivity contribution in [3.8, 4) is 0 Å². The number of piperidine rings is 1. The van der Waals surface area contributed by atoms with Crippen LogP contribution in [0.25, 0.3) is 0 Å². The Morgan fingerprint density at radius 3 is 2.48 bits per heavy atom. The highest BCUT2D eigenvalue weighted by molar-refractivity contribution is 6.38. The first-order chi connectivity index (χ1) is 12.7. The fraction of sp³-hybridized carbons (Fsp3) is 0.579. The molecule has 0 spiro atoms. The minimum absolute atomic E-state index is 0.253. The summed E-state index contributed by atoms with van der Waals surface area (Å²) in [6, 6.07) is -0.253. The number of aliphatic carboxylic acids is 1. The van der Waals surface area contributed by atoms with Gasteiger partial charge in [0.15, 0.2) is 0 Å². The number of hydrogen-bond donors (Lipinski definition) is 2. The number of nitrogens with one attached hydrogen (secondary N) is 1. The summed E-state index contributed by atoms with van der Waals surface area (Å²) < 4.78 is 5.43. The number of allylic oxidation sites excluding steroid dienone is 2. The number of nitrogens with zero attached hydrogens (tertiary/aromatic N) is 2. The van der Waals surface area contributed by atoms with Gasteiger partial charge in [-0.25, -0.2) is 4.79 Å². The molecular formula is C19H29N3O5. The molecule has 1 aliphatic rings. The second-order valence-corrected chi connectivity index (χ2v) is 6.52. The minimum atomic E-state index is -1.17. The molecule has 2 N–H and O–H groups in total. The van der Waals surface area contributed by atoms with Gasteiger partial charge in [-0.1, -0.05) is 12.5 Å². The van der Waals surface area contributed by atoms with Gasteiger partial charge in [-0.3, -0.25) is 14.6 Å². The van der Waals surface area contributed by atoms with Crippen molar-refractivity contribution < 1.29 is 24.2 Å². The molecule has 0 aliphatic carbocycles. The molecule has 1 rings (SSSR count). The number of aliphatic imine (C=N–C) groups is 1. The van der Waals surface area contributed by atoms with Crippen molar-refractivity contribution in [1.29, 1.82) is 0 Å². The zero-order valence-electron chi connectivity index (χ0n) is 16.6. The zero-order chi connectivity index (χ0) is 20.6. The van der Waals surface area contributed by atoms with Crippen LogP contribution < -0.4 is 5.32 Å². The first-order valence-electron chi connectivity index (χ1n) is 8.94. The fourth-order valence-electron chi connectivity index (χ4n) is 2.70. The van der Waals surface area contributed by atoms with Gasteiger partial charge in [-0.15, -0.1) is 0 Å². The van der Waals surface area contributed by atoms with Gasteiger partial charge in [0.1, 0.15) is 5.71 Å². The number of methoxy groups -OCH3 is 1. The van der Waals surface area contributed by atoms with Crippen LogP contribution in [-0.2, 0) is 19.1 Å². The zero-order valence-corrected chi connectivity index (χ0v) is 16.6. The van der Waals surface area contributed by atoms with Crippen molar-refractivity contribution in [1.82, 2.24) is 10.2 Å². The predicted octanol–water partition coefficient (Wildman–Crippen LogP) is 1.52. The highest BCUT2D eigenvalue weighted by Gasteiger charge is 2.32. The van der Waals surface area contributed by atoms with Gasteiger partial charge >= 0.3 is 5.97 Å². The summed E-state index contributed by atoms with van der Waals surface area (Å²) in [5.74, 6) is -1.83. The van der Waals surface area contributed by atoms with Gasteiger partial charge in [0.05, 0.1) is 12.1 Å². The third-order valence-corrected chi connectivity index (χ3v) is 4.67. The maximum Gasteiger partial charge on any atom is 0.328 e. The van der Waals surface area contributed by atoms with Gasteiger partial charge in [-0.05, 0) is 33.6 Å². The van der Waals surface area contributed by atoms with Gasteiger partial charge in [0.25, 0.3) is 5.91 Å². The number of carbonyl (C=O) groups excluding carboxylic acids is 2. The molecule has 1 aliphatic heterocycles.